The number of aromatic nitrogens is 1. The van der Waals surface area contributed by atoms with E-state index in [0.717, 1.165) is 11.3 Å². The number of nitrogens with zero attached hydrogens (tertiary/aromatic N) is 1. The Balaban J connectivity index is 1.76. The van der Waals surface area contributed by atoms with Crippen LogP contribution in [-0.4, -0.2) is 24.5 Å². The summed E-state index contributed by atoms with van der Waals surface area (Å²) in [6.07, 6.45) is 3.77. The minimum absolute atomic E-state index is 0.0229. The number of carbonyl (C=O) groups excluding carboxylic acids is 1. The fraction of sp³-hybridized carbons (Fsp3) is 0.250. The maximum absolute atomic E-state index is 11.8. The smallest absolute Gasteiger partial charge is 0.222 e. The highest BCUT2D eigenvalue weighted by Crippen LogP contribution is 2.27. The van der Waals surface area contributed by atoms with E-state index in [9.17, 15) is 4.79 Å². The fourth-order valence-corrected chi connectivity index (χ4v) is 2.09. The molecule has 0 aliphatic heterocycles. The number of anilines is 1. The molecule has 1 amide bonds. The van der Waals surface area contributed by atoms with Crippen molar-refractivity contribution in [3.63, 3.8) is 0 Å². The van der Waals surface area contributed by atoms with E-state index in [-0.39, 0.29) is 5.91 Å². The predicted octanol–water partition coefficient (Wildman–Crippen LogP) is 2.86. The SMILES string of the molecule is COc1ccc(Cl)cc1NCCC(=O)NCc1ccncc1. The molecule has 0 spiro atoms. The lowest BCUT2D eigenvalue weighted by Gasteiger charge is -2.11. The summed E-state index contributed by atoms with van der Waals surface area (Å²) in [6, 6.07) is 9.06. The first-order valence-electron chi connectivity index (χ1n) is 6.92. The number of pyridine rings is 1. The number of halogens is 1. The number of hydrogen-bond acceptors (Lipinski definition) is 4. The first-order valence-corrected chi connectivity index (χ1v) is 7.30. The highest BCUT2D eigenvalue weighted by atomic mass is 35.5. The Morgan fingerprint density at radius 2 is 2.05 bits per heavy atom. The Kier molecular flexibility index (Phi) is 6.03. The first-order chi connectivity index (χ1) is 10.7. The van der Waals surface area contributed by atoms with E-state index in [0.29, 0.717) is 30.3 Å². The molecule has 0 fully saturated rings. The van der Waals surface area contributed by atoms with Crippen LogP contribution < -0.4 is 15.4 Å². The van der Waals surface area contributed by atoms with Crippen molar-refractivity contribution < 1.29 is 9.53 Å². The molecule has 22 heavy (non-hydrogen) atoms. The molecule has 1 aromatic heterocycles. The van der Waals surface area contributed by atoms with Crippen LogP contribution in [0, 0.1) is 0 Å². The summed E-state index contributed by atoms with van der Waals surface area (Å²) in [5, 5.41) is 6.63. The molecule has 0 aliphatic rings. The Bertz CT molecular complexity index is 620. The second kappa shape index (κ2) is 8.24. The Morgan fingerprint density at radius 3 is 2.77 bits per heavy atom. The molecule has 2 aromatic rings. The molecule has 5 nitrogen and oxygen atoms in total. The molecule has 1 heterocycles. The van der Waals surface area contributed by atoms with Gasteiger partial charge in [-0.15, -0.1) is 0 Å². The number of amides is 1. The van der Waals surface area contributed by atoms with Gasteiger partial charge in [0.1, 0.15) is 5.75 Å². The molecule has 0 saturated heterocycles. The molecule has 0 aliphatic carbocycles. The molecule has 2 rings (SSSR count). The van der Waals surface area contributed by atoms with Gasteiger partial charge in [-0.25, -0.2) is 0 Å². The summed E-state index contributed by atoms with van der Waals surface area (Å²) in [7, 11) is 1.59. The summed E-state index contributed by atoms with van der Waals surface area (Å²) < 4.78 is 5.24. The van der Waals surface area contributed by atoms with Gasteiger partial charge in [0.25, 0.3) is 0 Å². The number of benzene rings is 1. The monoisotopic (exact) mass is 319 g/mol. The second-order valence-corrected chi connectivity index (χ2v) is 5.09. The number of methoxy groups -OCH3 is 1. The molecule has 6 heteroatoms. The van der Waals surface area contributed by atoms with Crippen LogP contribution in [0.4, 0.5) is 5.69 Å². The molecule has 0 unspecified atom stereocenters. The van der Waals surface area contributed by atoms with Gasteiger partial charge in [0.15, 0.2) is 0 Å². The molecule has 0 atom stereocenters. The zero-order valence-electron chi connectivity index (χ0n) is 12.3. The highest BCUT2D eigenvalue weighted by molar-refractivity contribution is 6.30. The van der Waals surface area contributed by atoms with Crippen LogP contribution in [0.25, 0.3) is 0 Å². The summed E-state index contributed by atoms with van der Waals surface area (Å²) in [5.74, 6) is 0.673. The van der Waals surface area contributed by atoms with E-state index in [1.165, 1.54) is 0 Å². The van der Waals surface area contributed by atoms with E-state index in [4.69, 9.17) is 16.3 Å². The third-order valence-corrected chi connectivity index (χ3v) is 3.30. The predicted molar refractivity (Wildman–Crippen MR) is 87.2 cm³/mol. The van der Waals surface area contributed by atoms with Crippen LogP contribution >= 0.6 is 11.6 Å². The number of hydrogen-bond donors (Lipinski definition) is 2. The molecular formula is C16H18ClN3O2. The van der Waals surface area contributed by atoms with Crippen molar-refractivity contribution in [2.75, 3.05) is 19.0 Å². The molecule has 0 radical (unpaired) electrons. The lowest BCUT2D eigenvalue weighted by atomic mass is 10.2. The summed E-state index contributed by atoms with van der Waals surface area (Å²) in [5.41, 5.74) is 1.80. The molecule has 1 aromatic carbocycles. The Labute approximate surface area is 134 Å². The van der Waals surface area contributed by atoms with Crippen molar-refractivity contribution >= 4 is 23.2 Å². The average molecular weight is 320 g/mol. The maximum Gasteiger partial charge on any atom is 0.222 e. The van der Waals surface area contributed by atoms with Crippen LogP contribution in [-0.2, 0) is 11.3 Å². The second-order valence-electron chi connectivity index (χ2n) is 4.65. The van der Waals surface area contributed by atoms with Crippen molar-refractivity contribution in [2.45, 2.75) is 13.0 Å². The van der Waals surface area contributed by atoms with Crippen molar-refractivity contribution in [2.24, 2.45) is 0 Å². The van der Waals surface area contributed by atoms with Crippen LogP contribution in [0.5, 0.6) is 5.75 Å². The third-order valence-electron chi connectivity index (χ3n) is 3.07. The van der Waals surface area contributed by atoms with Crippen molar-refractivity contribution in [3.05, 3.63) is 53.3 Å². The van der Waals surface area contributed by atoms with Gasteiger partial charge in [-0.3, -0.25) is 9.78 Å². The lowest BCUT2D eigenvalue weighted by Crippen LogP contribution is -2.24. The average Bonchev–Trinajstić information content (AvgIpc) is 2.54. The topological polar surface area (TPSA) is 63.2 Å². The number of carbonyl (C=O) groups is 1. The van der Waals surface area contributed by atoms with Gasteiger partial charge in [0.05, 0.1) is 12.8 Å². The van der Waals surface area contributed by atoms with Crippen LogP contribution in [0.15, 0.2) is 42.7 Å². The zero-order valence-corrected chi connectivity index (χ0v) is 13.1. The van der Waals surface area contributed by atoms with Gasteiger partial charge in [-0.1, -0.05) is 11.6 Å². The Morgan fingerprint density at radius 1 is 1.27 bits per heavy atom. The minimum Gasteiger partial charge on any atom is -0.495 e. The van der Waals surface area contributed by atoms with Crippen molar-refractivity contribution in [3.8, 4) is 5.75 Å². The lowest BCUT2D eigenvalue weighted by molar-refractivity contribution is -0.121. The Hall–Kier alpha value is -2.27. The van der Waals surface area contributed by atoms with Gasteiger partial charge in [-0.2, -0.15) is 0 Å². The van der Waals surface area contributed by atoms with E-state index < -0.39 is 0 Å². The van der Waals surface area contributed by atoms with Crippen LogP contribution in [0.2, 0.25) is 5.02 Å². The normalized spacial score (nSPS) is 10.1. The fourth-order valence-electron chi connectivity index (χ4n) is 1.92. The highest BCUT2D eigenvalue weighted by Gasteiger charge is 2.05. The first kappa shape index (κ1) is 16.1. The van der Waals surface area contributed by atoms with Gasteiger partial charge < -0.3 is 15.4 Å². The quantitative estimate of drug-likeness (QED) is 0.823. The molecular weight excluding hydrogens is 302 g/mol. The third kappa shape index (κ3) is 4.93. The van der Waals surface area contributed by atoms with Crippen LogP contribution in [0.3, 0.4) is 0 Å². The number of ether oxygens (including phenoxy) is 1. The number of nitrogens with one attached hydrogen (secondary N) is 2. The van der Waals surface area contributed by atoms with E-state index in [1.807, 2.05) is 12.1 Å². The van der Waals surface area contributed by atoms with Gasteiger partial charge in [-0.05, 0) is 35.9 Å². The van der Waals surface area contributed by atoms with E-state index in [1.54, 1.807) is 37.7 Å². The number of rotatable bonds is 7. The van der Waals surface area contributed by atoms with Crippen molar-refractivity contribution in [1.29, 1.82) is 0 Å². The maximum atomic E-state index is 11.8. The van der Waals surface area contributed by atoms with E-state index in [2.05, 4.69) is 15.6 Å². The molecule has 0 saturated carbocycles. The summed E-state index contributed by atoms with van der Waals surface area (Å²) in [6.45, 7) is 1.00. The molecule has 2 N–H and O–H groups in total. The van der Waals surface area contributed by atoms with Gasteiger partial charge in [0.2, 0.25) is 5.91 Å². The van der Waals surface area contributed by atoms with Gasteiger partial charge in [0, 0.05) is 36.9 Å². The molecule has 0 bridgehead atoms. The van der Waals surface area contributed by atoms with Gasteiger partial charge >= 0.3 is 0 Å². The summed E-state index contributed by atoms with van der Waals surface area (Å²) >= 11 is 5.95. The molecule has 116 valence electrons. The standard InChI is InChI=1S/C16H18ClN3O2/c1-22-15-3-2-13(17)10-14(15)19-9-6-16(21)20-11-12-4-7-18-8-5-12/h2-5,7-8,10,19H,6,9,11H2,1H3,(H,20,21). The largest absolute Gasteiger partial charge is 0.495 e. The summed E-state index contributed by atoms with van der Waals surface area (Å²) in [4.78, 5) is 15.7. The zero-order chi connectivity index (χ0) is 15.8. The minimum atomic E-state index is -0.0229. The van der Waals surface area contributed by atoms with E-state index >= 15 is 0 Å². The van der Waals surface area contributed by atoms with Crippen LogP contribution in [0.1, 0.15) is 12.0 Å². The van der Waals surface area contributed by atoms with Crippen molar-refractivity contribution in [1.82, 2.24) is 10.3 Å².